The Morgan fingerprint density at radius 1 is 1.02 bits per heavy atom. The molecule has 10 heteroatoms. The molecule has 1 aromatic heterocycles. The van der Waals surface area contributed by atoms with Crippen LogP contribution in [0, 0.1) is 0 Å². The number of benzene rings is 2. The second-order valence-electron chi connectivity index (χ2n) is 11.0. The van der Waals surface area contributed by atoms with E-state index < -0.39 is 23.2 Å². The van der Waals surface area contributed by atoms with Crippen molar-refractivity contribution in [2.24, 2.45) is 5.73 Å². The third kappa shape index (κ3) is 7.58. The molecule has 3 aromatic rings. The van der Waals surface area contributed by atoms with Crippen molar-refractivity contribution in [1.29, 1.82) is 0 Å². The molecule has 0 atom stereocenters. The molecule has 4 rings (SSSR count). The number of primary amides is 1. The number of nitrogens with two attached hydrogens (primary N) is 1. The molecule has 7 nitrogen and oxygen atoms in total. The second-order valence-corrected chi connectivity index (χ2v) is 11.0. The molecule has 212 valence electrons. The molecule has 2 amide bonds. The van der Waals surface area contributed by atoms with E-state index in [-0.39, 0.29) is 37.5 Å². The highest BCUT2D eigenvalue weighted by Crippen LogP contribution is 2.32. The van der Waals surface area contributed by atoms with Gasteiger partial charge in [-0.3, -0.25) is 4.79 Å². The van der Waals surface area contributed by atoms with E-state index >= 15 is 0 Å². The van der Waals surface area contributed by atoms with E-state index in [9.17, 15) is 22.8 Å². The van der Waals surface area contributed by atoms with Crippen molar-refractivity contribution in [3.8, 4) is 0 Å². The molecule has 0 spiro atoms. The number of carbonyl (C=O) groups excluding carboxylic acids is 2. The van der Waals surface area contributed by atoms with Gasteiger partial charge in [0.05, 0.1) is 17.7 Å². The number of amides is 2. The molecule has 0 bridgehead atoms. The SMILES string of the molecule is CC(C)(C)OC(=O)N1CCc2cc(Cc3ncc(C(F)(F)F)c(CCc4ccccc4CC(N)=O)n3)ccc2C1. The maximum Gasteiger partial charge on any atom is 0.419 e. The Bertz CT molecular complexity index is 1400. The predicted octanol–water partition coefficient (Wildman–Crippen LogP) is 5.19. The summed E-state index contributed by atoms with van der Waals surface area (Å²) in [5.74, 6) is -0.213. The summed E-state index contributed by atoms with van der Waals surface area (Å²) < 4.78 is 46.8. The van der Waals surface area contributed by atoms with Gasteiger partial charge in [0.2, 0.25) is 5.91 Å². The average molecular weight is 555 g/mol. The third-order valence-electron chi connectivity index (χ3n) is 6.63. The Balaban J connectivity index is 1.51. The smallest absolute Gasteiger partial charge is 0.419 e. The van der Waals surface area contributed by atoms with E-state index in [4.69, 9.17) is 10.5 Å². The maximum atomic E-state index is 13.8. The first-order chi connectivity index (χ1) is 18.8. The molecular weight excluding hydrogens is 521 g/mol. The molecule has 0 aliphatic carbocycles. The summed E-state index contributed by atoms with van der Waals surface area (Å²) in [6.45, 7) is 6.43. The molecule has 0 radical (unpaired) electrons. The lowest BCUT2D eigenvalue weighted by atomic mass is 9.96. The van der Waals surface area contributed by atoms with E-state index in [1.165, 1.54) is 0 Å². The van der Waals surface area contributed by atoms with Crippen LogP contribution in [-0.2, 0) is 54.4 Å². The van der Waals surface area contributed by atoms with Gasteiger partial charge >= 0.3 is 12.3 Å². The minimum Gasteiger partial charge on any atom is -0.444 e. The van der Waals surface area contributed by atoms with Crippen molar-refractivity contribution < 1.29 is 27.5 Å². The highest BCUT2D eigenvalue weighted by atomic mass is 19.4. The Morgan fingerprint density at radius 2 is 1.75 bits per heavy atom. The number of aromatic nitrogens is 2. The Labute approximate surface area is 231 Å². The van der Waals surface area contributed by atoms with Crippen molar-refractivity contribution in [1.82, 2.24) is 14.9 Å². The van der Waals surface area contributed by atoms with E-state index in [0.717, 1.165) is 28.5 Å². The van der Waals surface area contributed by atoms with E-state index in [1.54, 1.807) is 29.2 Å². The molecule has 40 heavy (non-hydrogen) atoms. The summed E-state index contributed by atoms with van der Waals surface area (Å²) in [5.41, 5.74) is 8.21. The quantitative estimate of drug-likeness (QED) is 0.433. The Hall–Kier alpha value is -3.95. The van der Waals surface area contributed by atoms with Crippen molar-refractivity contribution >= 4 is 12.0 Å². The molecule has 2 heterocycles. The van der Waals surface area contributed by atoms with Crippen LogP contribution < -0.4 is 5.73 Å². The first-order valence-electron chi connectivity index (χ1n) is 13.1. The minimum atomic E-state index is -4.59. The summed E-state index contributed by atoms with van der Waals surface area (Å²) >= 11 is 0. The molecular formula is C30H33F3N4O3. The van der Waals surface area contributed by atoms with Gasteiger partial charge in [-0.2, -0.15) is 13.2 Å². The average Bonchev–Trinajstić information content (AvgIpc) is 2.86. The van der Waals surface area contributed by atoms with Crippen molar-refractivity contribution in [2.75, 3.05) is 6.54 Å². The zero-order valence-corrected chi connectivity index (χ0v) is 22.8. The Morgan fingerprint density at radius 3 is 2.42 bits per heavy atom. The summed E-state index contributed by atoms with van der Waals surface area (Å²) in [6.07, 6.45) is -2.86. The van der Waals surface area contributed by atoms with Crippen molar-refractivity contribution in [3.63, 3.8) is 0 Å². The highest BCUT2D eigenvalue weighted by molar-refractivity contribution is 5.77. The zero-order valence-electron chi connectivity index (χ0n) is 22.8. The van der Waals surface area contributed by atoms with Gasteiger partial charge < -0.3 is 15.4 Å². The van der Waals surface area contributed by atoms with Crippen LogP contribution >= 0.6 is 0 Å². The fourth-order valence-electron chi connectivity index (χ4n) is 4.77. The molecule has 1 aliphatic heterocycles. The monoisotopic (exact) mass is 554 g/mol. The number of nitrogens with zero attached hydrogens (tertiary/aromatic N) is 3. The molecule has 1 aliphatic rings. The minimum absolute atomic E-state index is 0.0190. The predicted molar refractivity (Wildman–Crippen MR) is 143 cm³/mol. The normalized spacial score (nSPS) is 13.6. The first kappa shape index (κ1) is 29.0. The van der Waals surface area contributed by atoms with Crippen LogP contribution in [0.25, 0.3) is 0 Å². The summed E-state index contributed by atoms with van der Waals surface area (Å²) in [4.78, 5) is 33.9. The van der Waals surface area contributed by atoms with Gasteiger partial charge in [0.1, 0.15) is 11.4 Å². The number of alkyl halides is 3. The summed E-state index contributed by atoms with van der Waals surface area (Å²) in [6, 6.07) is 12.9. The largest absolute Gasteiger partial charge is 0.444 e. The molecule has 0 unspecified atom stereocenters. The molecule has 0 saturated carbocycles. The van der Waals surface area contributed by atoms with Crippen LogP contribution in [0.3, 0.4) is 0 Å². The van der Waals surface area contributed by atoms with Gasteiger partial charge in [-0.05, 0) is 67.9 Å². The van der Waals surface area contributed by atoms with Gasteiger partial charge in [0.15, 0.2) is 0 Å². The first-order valence-corrected chi connectivity index (χ1v) is 13.1. The van der Waals surface area contributed by atoms with Gasteiger partial charge in [-0.1, -0.05) is 42.5 Å². The van der Waals surface area contributed by atoms with Crippen LogP contribution in [0.4, 0.5) is 18.0 Å². The van der Waals surface area contributed by atoms with E-state index in [0.29, 0.717) is 30.9 Å². The zero-order chi connectivity index (χ0) is 29.1. The number of rotatable bonds is 7. The number of aryl methyl sites for hydroxylation is 2. The lowest BCUT2D eigenvalue weighted by Crippen LogP contribution is -2.39. The van der Waals surface area contributed by atoms with Crippen LogP contribution in [0.5, 0.6) is 0 Å². The number of hydrogen-bond donors (Lipinski definition) is 1. The van der Waals surface area contributed by atoms with E-state index in [2.05, 4.69) is 9.97 Å². The fourth-order valence-corrected chi connectivity index (χ4v) is 4.77. The van der Waals surface area contributed by atoms with Gasteiger partial charge in [-0.25, -0.2) is 14.8 Å². The number of hydrogen-bond acceptors (Lipinski definition) is 5. The highest BCUT2D eigenvalue weighted by Gasteiger charge is 2.35. The molecule has 0 fully saturated rings. The van der Waals surface area contributed by atoms with Crippen LogP contribution in [-0.4, -0.2) is 39.0 Å². The van der Waals surface area contributed by atoms with E-state index in [1.807, 2.05) is 39.0 Å². The fraction of sp³-hybridized carbons (Fsp3) is 0.400. The number of carbonyl (C=O) groups is 2. The maximum absolute atomic E-state index is 13.8. The lowest BCUT2D eigenvalue weighted by Gasteiger charge is -2.31. The number of ether oxygens (including phenoxy) is 1. The standard InChI is InChI=1S/C30H33F3N4O3/c1-29(2,3)40-28(39)37-13-12-22-14-19(8-9-23(22)18-37)15-27-35-17-24(30(31,32)33)25(36-27)11-10-20-6-4-5-7-21(20)16-26(34)38/h4-9,14,17H,10-13,15-16,18H2,1-3H3,(H2,34,38). The molecule has 2 N–H and O–H groups in total. The number of fused-ring (bicyclic) bond motifs is 1. The van der Waals surface area contributed by atoms with Gasteiger partial charge in [0.25, 0.3) is 0 Å². The second kappa shape index (κ2) is 11.7. The summed E-state index contributed by atoms with van der Waals surface area (Å²) in [5, 5.41) is 0. The topological polar surface area (TPSA) is 98.4 Å². The van der Waals surface area contributed by atoms with Gasteiger partial charge in [-0.15, -0.1) is 0 Å². The Kier molecular flexibility index (Phi) is 8.46. The number of halogens is 3. The third-order valence-corrected chi connectivity index (χ3v) is 6.63. The van der Waals surface area contributed by atoms with Crippen LogP contribution in [0.15, 0.2) is 48.7 Å². The van der Waals surface area contributed by atoms with Crippen molar-refractivity contribution in [2.45, 2.75) is 71.2 Å². The van der Waals surface area contributed by atoms with Crippen LogP contribution in [0.1, 0.15) is 65.7 Å². The van der Waals surface area contributed by atoms with Gasteiger partial charge in [0, 0.05) is 25.7 Å². The lowest BCUT2D eigenvalue weighted by molar-refractivity contribution is -0.138. The summed E-state index contributed by atoms with van der Waals surface area (Å²) in [7, 11) is 0. The van der Waals surface area contributed by atoms with Crippen molar-refractivity contribution in [3.05, 3.63) is 93.6 Å². The molecule has 2 aromatic carbocycles. The molecule has 0 saturated heterocycles. The van der Waals surface area contributed by atoms with Crippen LogP contribution in [0.2, 0.25) is 0 Å².